The molecular formula is C12H13FN2O2. The van der Waals surface area contributed by atoms with E-state index < -0.39 is 17.6 Å². The van der Waals surface area contributed by atoms with Crippen LogP contribution in [0, 0.1) is 5.82 Å². The molecule has 0 spiro atoms. The molecule has 0 radical (unpaired) electrons. The molecular weight excluding hydrogens is 223 g/mol. The molecule has 1 aromatic rings. The third-order valence-electron chi connectivity index (χ3n) is 1.89. The van der Waals surface area contributed by atoms with Gasteiger partial charge in [0.1, 0.15) is 5.82 Å². The van der Waals surface area contributed by atoms with E-state index in [1.165, 1.54) is 24.3 Å². The molecule has 0 bridgehead atoms. The van der Waals surface area contributed by atoms with Crippen LogP contribution in [0.2, 0.25) is 0 Å². The van der Waals surface area contributed by atoms with E-state index in [-0.39, 0.29) is 5.56 Å². The van der Waals surface area contributed by atoms with Crippen molar-refractivity contribution in [2.75, 3.05) is 0 Å². The molecule has 0 fully saturated rings. The average Bonchev–Trinajstić information content (AvgIpc) is 2.33. The first kappa shape index (κ1) is 12.9. The van der Waals surface area contributed by atoms with E-state index >= 15 is 0 Å². The normalized spacial score (nSPS) is 10.2. The smallest absolute Gasteiger partial charge is 0.268 e. The summed E-state index contributed by atoms with van der Waals surface area (Å²) in [5, 5.41) is 0. The number of allylic oxidation sites excluding steroid dienone is 1. The number of nitrogens with one attached hydrogen (secondary N) is 2. The number of amides is 2. The summed E-state index contributed by atoms with van der Waals surface area (Å²) in [6.07, 6.45) is 3.70. The Labute approximate surface area is 98.5 Å². The van der Waals surface area contributed by atoms with Gasteiger partial charge in [-0.2, -0.15) is 0 Å². The highest BCUT2D eigenvalue weighted by Crippen LogP contribution is 2.02. The van der Waals surface area contributed by atoms with Gasteiger partial charge in [0.25, 0.3) is 11.8 Å². The minimum atomic E-state index is -0.567. The van der Waals surface area contributed by atoms with Gasteiger partial charge in [0.2, 0.25) is 0 Å². The Balaban J connectivity index is 2.50. The van der Waals surface area contributed by atoms with Gasteiger partial charge < -0.3 is 0 Å². The van der Waals surface area contributed by atoms with E-state index in [0.717, 1.165) is 12.5 Å². The first-order valence-corrected chi connectivity index (χ1v) is 5.16. The lowest BCUT2D eigenvalue weighted by Gasteiger charge is -2.04. The fourth-order valence-corrected chi connectivity index (χ4v) is 1.09. The van der Waals surface area contributed by atoms with Crippen LogP contribution in [0.4, 0.5) is 4.39 Å². The molecule has 2 amide bonds. The molecule has 0 saturated carbocycles. The van der Waals surface area contributed by atoms with Gasteiger partial charge in [-0.3, -0.25) is 20.4 Å². The Kier molecular flexibility index (Phi) is 4.87. The molecule has 0 heterocycles. The zero-order chi connectivity index (χ0) is 12.7. The predicted octanol–water partition coefficient (Wildman–Crippen LogP) is 1.55. The number of benzene rings is 1. The van der Waals surface area contributed by atoms with Crippen molar-refractivity contribution < 1.29 is 14.0 Å². The van der Waals surface area contributed by atoms with E-state index in [1.807, 2.05) is 6.92 Å². The fraction of sp³-hybridized carbons (Fsp3) is 0.167. The number of halogens is 1. The highest BCUT2D eigenvalue weighted by molar-refractivity contribution is 5.96. The molecule has 17 heavy (non-hydrogen) atoms. The van der Waals surface area contributed by atoms with E-state index in [0.29, 0.717) is 0 Å². The van der Waals surface area contributed by atoms with Gasteiger partial charge >= 0.3 is 0 Å². The first-order chi connectivity index (χ1) is 8.13. The summed E-state index contributed by atoms with van der Waals surface area (Å²) in [6.45, 7) is 1.88. The van der Waals surface area contributed by atoms with Crippen LogP contribution in [0.25, 0.3) is 0 Å². The number of carbonyl (C=O) groups excluding carboxylic acids is 2. The zero-order valence-corrected chi connectivity index (χ0v) is 9.37. The van der Waals surface area contributed by atoms with Crippen LogP contribution in [-0.2, 0) is 4.79 Å². The summed E-state index contributed by atoms with van der Waals surface area (Å²) in [7, 11) is 0. The fourth-order valence-electron chi connectivity index (χ4n) is 1.09. The van der Waals surface area contributed by atoms with Crippen LogP contribution >= 0.6 is 0 Å². The lowest BCUT2D eigenvalue weighted by Crippen LogP contribution is -2.40. The molecule has 0 unspecified atom stereocenters. The molecule has 0 aliphatic heterocycles. The number of hydrazine groups is 1. The predicted molar refractivity (Wildman–Crippen MR) is 61.4 cm³/mol. The Morgan fingerprint density at radius 2 is 2.12 bits per heavy atom. The standard InChI is InChI=1S/C12H13FN2O2/c1-2-3-7-11(16)14-15-12(17)9-5-4-6-10(13)8-9/h3-8H,2H2,1H3,(H,14,16)(H,15,17)/b7-3+. The Bertz CT molecular complexity index is 444. The molecule has 90 valence electrons. The van der Waals surface area contributed by atoms with Crippen molar-refractivity contribution in [3.8, 4) is 0 Å². The molecule has 0 aromatic heterocycles. The second-order valence-corrected chi connectivity index (χ2v) is 3.26. The topological polar surface area (TPSA) is 58.2 Å². The molecule has 2 N–H and O–H groups in total. The van der Waals surface area contributed by atoms with Crippen LogP contribution in [0.1, 0.15) is 23.7 Å². The van der Waals surface area contributed by atoms with Crippen molar-refractivity contribution in [1.82, 2.24) is 10.9 Å². The van der Waals surface area contributed by atoms with Gasteiger partial charge in [-0.15, -0.1) is 0 Å². The maximum absolute atomic E-state index is 12.8. The van der Waals surface area contributed by atoms with Gasteiger partial charge in [0.15, 0.2) is 0 Å². The summed E-state index contributed by atoms with van der Waals surface area (Å²) >= 11 is 0. The quantitative estimate of drug-likeness (QED) is 0.618. The van der Waals surface area contributed by atoms with Crippen molar-refractivity contribution in [2.45, 2.75) is 13.3 Å². The molecule has 1 rings (SSSR count). The average molecular weight is 236 g/mol. The molecule has 0 atom stereocenters. The number of hydrogen-bond donors (Lipinski definition) is 2. The third kappa shape index (κ3) is 4.46. The third-order valence-corrected chi connectivity index (χ3v) is 1.89. The number of carbonyl (C=O) groups is 2. The molecule has 5 heteroatoms. The summed E-state index contributed by atoms with van der Waals surface area (Å²) in [6, 6.07) is 5.19. The van der Waals surface area contributed by atoms with Gasteiger partial charge in [-0.1, -0.05) is 19.1 Å². The van der Waals surface area contributed by atoms with E-state index in [4.69, 9.17) is 0 Å². The molecule has 4 nitrogen and oxygen atoms in total. The molecule has 0 saturated heterocycles. The summed E-state index contributed by atoms with van der Waals surface area (Å²) in [5.41, 5.74) is 4.51. The summed E-state index contributed by atoms with van der Waals surface area (Å²) in [4.78, 5) is 22.6. The lowest BCUT2D eigenvalue weighted by molar-refractivity contribution is -0.117. The van der Waals surface area contributed by atoms with E-state index in [1.54, 1.807) is 6.08 Å². The largest absolute Gasteiger partial charge is 0.269 e. The maximum Gasteiger partial charge on any atom is 0.269 e. The number of hydrogen-bond acceptors (Lipinski definition) is 2. The van der Waals surface area contributed by atoms with Crippen LogP contribution < -0.4 is 10.9 Å². The first-order valence-electron chi connectivity index (χ1n) is 5.16. The Morgan fingerprint density at radius 3 is 2.76 bits per heavy atom. The Hall–Kier alpha value is -2.17. The van der Waals surface area contributed by atoms with Crippen LogP contribution in [0.15, 0.2) is 36.4 Å². The van der Waals surface area contributed by atoms with Crippen LogP contribution in [0.5, 0.6) is 0 Å². The maximum atomic E-state index is 12.8. The molecule has 0 aliphatic rings. The van der Waals surface area contributed by atoms with Crippen LogP contribution in [-0.4, -0.2) is 11.8 Å². The summed E-state index contributed by atoms with van der Waals surface area (Å²) in [5.74, 6) is -1.51. The second-order valence-electron chi connectivity index (χ2n) is 3.26. The number of rotatable bonds is 3. The van der Waals surface area contributed by atoms with Gasteiger partial charge in [-0.25, -0.2) is 4.39 Å². The van der Waals surface area contributed by atoms with Gasteiger partial charge in [-0.05, 0) is 24.6 Å². The minimum absolute atomic E-state index is 0.143. The van der Waals surface area contributed by atoms with Crippen molar-refractivity contribution in [3.63, 3.8) is 0 Å². The monoisotopic (exact) mass is 236 g/mol. The van der Waals surface area contributed by atoms with Crippen LogP contribution in [0.3, 0.4) is 0 Å². The molecule has 1 aromatic carbocycles. The minimum Gasteiger partial charge on any atom is -0.268 e. The van der Waals surface area contributed by atoms with Crippen molar-refractivity contribution >= 4 is 11.8 Å². The highest BCUT2D eigenvalue weighted by Gasteiger charge is 2.06. The van der Waals surface area contributed by atoms with Gasteiger partial charge in [0, 0.05) is 11.6 Å². The van der Waals surface area contributed by atoms with Crippen molar-refractivity contribution in [2.24, 2.45) is 0 Å². The highest BCUT2D eigenvalue weighted by atomic mass is 19.1. The molecule has 0 aliphatic carbocycles. The summed E-state index contributed by atoms with van der Waals surface area (Å²) < 4.78 is 12.8. The van der Waals surface area contributed by atoms with Crippen molar-refractivity contribution in [3.05, 3.63) is 47.8 Å². The van der Waals surface area contributed by atoms with Gasteiger partial charge in [0.05, 0.1) is 0 Å². The lowest BCUT2D eigenvalue weighted by atomic mass is 10.2. The van der Waals surface area contributed by atoms with E-state index in [9.17, 15) is 14.0 Å². The SMILES string of the molecule is CC/C=C/C(=O)NNC(=O)c1cccc(F)c1. The van der Waals surface area contributed by atoms with E-state index in [2.05, 4.69) is 10.9 Å². The zero-order valence-electron chi connectivity index (χ0n) is 9.37. The second kappa shape index (κ2) is 6.42. The Morgan fingerprint density at radius 1 is 1.35 bits per heavy atom. The van der Waals surface area contributed by atoms with Crippen molar-refractivity contribution in [1.29, 1.82) is 0 Å².